The van der Waals surface area contributed by atoms with E-state index in [1.165, 1.54) is 55.2 Å². The van der Waals surface area contributed by atoms with Gasteiger partial charge in [-0.05, 0) is 81.9 Å². The molecule has 9 aromatic carbocycles. The fourth-order valence-corrected chi connectivity index (χ4v) is 8.31. The number of hydrogen-bond donors (Lipinski definition) is 0. The SMILES string of the molecule is c1ccc(-c2ccc(N(c3ccccc3)c3cccc4c3c3ccccc3n4-c3ccccc3-c3ccccc3)c(-c3ccccc3-c3ccccc3)c2)cc1. The van der Waals surface area contributed by atoms with Crippen LogP contribution in [0.25, 0.3) is 72.0 Å². The summed E-state index contributed by atoms with van der Waals surface area (Å²) in [7, 11) is 0. The number of fused-ring (bicyclic) bond motifs is 3. The highest BCUT2D eigenvalue weighted by atomic mass is 15.2. The quantitative estimate of drug-likeness (QED) is 0.152. The molecule has 0 fully saturated rings. The fourth-order valence-electron chi connectivity index (χ4n) is 8.31. The van der Waals surface area contributed by atoms with Gasteiger partial charge in [0.2, 0.25) is 0 Å². The Hall–Kier alpha value is -7.42. The zero-order chi connectivity index (χ0) is 37.3. The molecule has 0 atom stereocenters. The summed E-state index contributed by atoms with van der Waals surface area (Å²) in [6.45, 7) is 0. The molecule has 0 aliphatic rings. The first-order valence-corrected chi connectivity index (χ1v) is 19.2. The van der Waals surface area contributed by atoms with Crippen LogP contribution in [0.4, 0.5) is 17.1 Å². The summed E-state index contributed by atoms with van der Waals surface area (Å²) in [5.74, 6) is 0. The maximum Gasteiger partial charge on any atom is 0.0562 e. The third kappa shape index (κ3) is 5.85. The predicted molar refractivity (Wildman–Crippen MR) is 237 cm³/mol. The standard InChI is InChI=1S/C54H38N2/c1-5-20-39(21-6-1)42-36-37-51(48(38-42)46-30-14-13-28-44(46)40-22-7-2-8-23-40)55(43-26-11-4-12-27-43)52-34-19-35-53-54(52)47-31-16-18-33-50(47)56(53)49-32-17-15-29-45(49)41-24-9-3-10-25-41/h1-38H. The molecule has 56 heavy (non-hydrogen) atoms. The van der Waals surface area contributed by atoms with Crippen molar-refractivity contribution in [3.63, 3.8) is 0 Å². The van der Waals surface area contributed by atoms with Gasteiger partial charge in [0.05, 0.1) is 28.1 Å². The van der Waals surface area contributed by atoms with Crippen LogP contribution >= 0.6 is 0 Å². The molecule has 1 aromatic heterocycles. The van der Waals surface area contributed by atoms with E-state index in [-0.39, 0.29) is 0 Å². The largest absolute Gasteiger partial charge is 0.309 e. The van der Waals surface area contributed by atoms with Crippen LogP contribution in [0.1, 0.15) is 0 Å². The number of benzene rings is 9. The molecule has 0 spiro atoms. The van der Waals surface area contributed by atoms with E-state index in [1.807, 2.05) is 0 Å². The summed E-state index contributed by atoms with van der Waals surface area (Å²) in [6.07, 6.45) is 0. The second-order valence-corrected chi connectivity index (χ2v) is 14.1. The van der Waals surface area contributed by atoms with Gasteiger partial charge >= 0.3 is 0 Å². The number of aromatic nitrogens is 1. The summed E-state index contributed by atoms with van der Waals surface area (Å²) >= 11 is 0. The highest BCUT2D eigenvalue weighted by Crippen LogP contribution is 2.49. The van der Waals surface area contributed by atoms with Gasteiger partial charge in [-0.3, -0.25) is 0 Å². The maximum atomic E-state index is 2.47. The molecule has 10 rings (SSSR count). The Morgan fingerprint density at radius 3 is 1.55 bits per heavy atom. The van der Waals surface area contributed by atoms with Crippen LogP contribution in [0.5, 0.6) is 0 Å². The van der Waals surface area contributed by atoms with Crippen LogP contribution in [-0.2, 0) is 0 Å². The molecule has 0 saturated heterocycles. The first-order chi connectivity index (χ1) is 27.8. The molecule has 0 aliphatic carbocycles. The van der Waals surface area contributed by atoms with Crippen molar-refractivity contribution in [3.8, 4) is 50.2 Å². The number of anilines is 3. The third-order valence-electron chi connectivity index (χ3n) is 10.8. The normalized spacial score (nSPS) is 11.2. The van der Waals surface area contributed by atoms with Gasteiger partial charge < -0.3 is 9.47 Å². The number of hydrogen-bond acceptors (Lipinski definition) is 1. The van der Waals surface area contributed by atoms with Crippen molar-refractivity contribution in [3.05, 3.63) is 231 Å². The zero-order valence-corrected chi connectivity index (χ0v) is 30.8. The minimum Gasteiger partial charge on any atom is -0.309 e. The first kappa shape index (κ1) is 33.2. The predicted octanol–water partition coefficient (Wildman–Crippen LogP) is 14.9. The van der Waals surface area contributed by atoms with Gasteiger partial charge in [-0.15, -0.1) is 0 Å². The van der Waals surface area contributed by atoms with Gasteiger partial charge in [0.1, 0.15) is 0 Å². The van der Waals surface area contributed by atoms with Crippen molar-refractivity contribution >= 4 is 38.9 Å². The van der Waals surface area contributed by atoms with E-state index in [0.717, 1.165) is 33.8 Å². The van der Waals surface area contributed by atoms with E-state index in [4.69, 9.17) is 0 Å². The third-order valence-corrected chi connectivity index (χ3v) is 10.8. The molecule has 0 bridgehead atoms. The van der Waals surface area contributed by atoms with Gasteiger partial charge in [0.15, 0.2) is 0 Å². The highest BCUT2D eigenvalue weighted by molar-refractivity contribution is 6.17. The average molecular weight is 715 g/mol. The minimum absolute atomic E-state index is 1.09. The topological polar surface area (TPSA) is 8.17 Å². The van der Waals surface area contributed by atoms with E-state index in [0.29, 0.717) is 0 Å². The summed E-state index contributed by atoms with van der Waals surface area (Å²) in [5, 5.41) is 2.40. The Morgan fingerprint density at radius 2 is 0.839 bits per heavy atom. The van der Waals surface area contributed by atoms with Crippen molar-refractivity contribution in [1.29, 1.82) is 0 Å². The molecule has 264 valence electrons. The summed E-state index contributed by atoms with van der Waals surface area (Å²) in [6, 6.07) is 83.1. The molecule has 0 N–H and O–H groups in total. The van der Waals surface area contributed by atoms with Gasteiger partial charge in [-0.1, -0.05) is 182 Å². The number of para-hydroxylation sites is 3. The van der Waals surface area contributed by atoms with Crippen molar-refractivity contribution in [2.24, 2.45) is 0 Å². The smallest absolute Gasteiger partial charge is 0.0562 e. The average Bonchev–Trinajstić information content (AvgIpc) is 3.63. The van der Waals surface area contributed by atoms with Gasteiger partial charge in [0.25, 0.3) is 0 Å². The van der Waals surface area contributed by atoms with Gasteiger partial charge in [0, 0.05) is 27.6 Å². The lowest BCUT2D eigenvalue weighted by Gasteiger charge is -2.29. The molecular formula is C54H38N2. The fraction of sp³-hybridized carbons (Fsp3) is 0. The molecule has 0 amide bonds. The molecule has 0 unspecified atom stereocenters. The van der Waals surface area contributed by atoms with E-state index in [9.17, 15) is 0 Å². The molecule has 10 aromatic rings. The monoisotopic (exact) mass is 714 g/mol. The van der Waals surface area contributed by atoms with Crippen molar-refractivity contribution in [2.45, 2.75) is 0 Å². The summed E-state index contributed by atoms with van der Waals surface area (Å²) in [4.78, 5) is 2.47. The molecular weight excluding hydrogens is 677 g/mol. The first-order valence-electron chi connectivity index (χ1n) is 19.2. The Labute approximate surface area is 327 Å². The van der Waals surface area contributed by atoms with E-state index >= 15 is 0 Å². The van der Waals surface area contributed by atoms with E-state index < -0.39 is 0 Å². The summed E-state index contributed by atoms with van der Waals surface area (Å²) < 4.78 is 2.45. The van der Waals surface area contributed by atoms with Crippen LogP contribution in [0.2, 0.25) is 0 Å². The molecule has 0 radical (unpaired) electrons. The molecule has 0 aliphatic heterocycles. The molecule has 1 heterocycles. The second kappa shape index (κ2) is 14.4. The van der Waals surface area contributed by atoms with Gasteiger partial charge in [-0.25, -0.2) is 0 Å². The lowest BCUT2D eigenvalue weighted by molar-refractivity contribution is 1.18. The summed E-state index contributed by atoms with van der Waals surface area (Å²) in [5.41, 5.74) is 16.2. The van der Waals surface area contributed by atoms with Crippen LogP contribution in [0.3, 0.4) is 0 Å². The Kier molecular flexibility index (Phi) is 8.55. The molecule has 2 heteroatoms. The molecule has 2 nitrogen and oxygen atoms in total. The lowest BCUT2D eigenvalue weighted by Crippen LogP contribution is -2.12. The lowest BCUT2D eigenvalue weighted by atomic mass is 9.90. The zero-order valence-electron chi connectivity index (χ0n) is 30.8. The molecule has 0 saturated carbocycles. The van der Waals surface area contributed by atoms with Crippen molar-refractivity contribution < 1.29 is 0 Å². The Morgan fingerprint density at radius 1 is 0.304 bits per heavy atom. The number of nitrogens with zero attached hydrogens (tertiary/aromatic N) is 2. The van der Waals surface area contributed by atoms with Crippen LogP contribution in [0, 0.1) is 0 Å². The van der Waals surface area contributed by atoms with E-state index in [1.54, 1.807) is 0 Å². The Balaban J connectivity index is 1.28. The van der Waals surface area contributed by atoms with Crippen LogP contribution < -0.4 is 4.90 Å². The van der Waals surface area contributed by atoms with Crippen LogP contribution in [0.15, 0.2) is 231 Å². The van der Waals surface area contributed by atoms with E-state index in [2.05, 4.69) is 240 Å². The maximum absolute atomic E-state index is 2.47. The van der Waals surface area contributed by atoms with Gasteiger partial charge in [-0.2, -0.15) is 0 Å². The Bertz CT molecular complexity index is 2950. The number of rotatable bonds is 8. The highest BCUT2D eigenvalue weighted by Gasteiger charge is 2.25. The minimum atomic E-state index is 1.09. The second-order valence-electron chi connectivity index (χ2n) is 14.1. The van der Waals surface area contributed by atoms with Crippen molar-refractivity contribution in [2.75, 3.05) is 4.90 Å². The van der Waals surface area contributed by atoms with Crippen molar-refractivity contribution in [1.82, 2.24) is 4.57 Å². The van der Waals surface area contributed by atoms with Crippen LogP contribution in [-0.4, -0.2) is 4.57 Å².